The average Bonchev–Trinajstić information content (AvgIpc) is 2.81. The van der Waals surface area contributed by atoms with Crippen molar-refractivity contribution in [3.05, 3.63) is 0 Å². The van der Waals surface area contributed by atoms with Crippen LogP contribution in [0.5, 0.6) is 0 Å². The molecule has 4 atom stereocenters. The molecule has 0 N–H and O–H groups in total. The van der Waals surface area contributed by atoms with E-state index >= 15 is 0 Å². The van der Waals surface area contributed by atoms with E-state index in [1.54, 1.807) is 0 Å². The zero-order valence-electron chi connectivity index (χ0n) is 8.71. The van der Waals surface area contributed by atoms with Gasteiger partial charge in [0, 0.05) is 5.25 Å². The molecule has 76 valence electrons. The summed E-state index contributed by atoms with van der Waals surface area (Å²) in [5, 5.41) is 0.760. The molecule has 2 aliphatic carbocycles. The van der Waals surface area contributed by atoms with Crippen LogP contribution in [-0.2, 0) is 0 Å². The van der Waals surface area contributed by atoms with Crippen molar-refractivity contribution < 1.29 is 0 Å². The Hall–Kier alpha value is 0.350. The fourth-order valence-corrected chi connectivity index (χ4v) is 3.19. The van der Waals surface area contributed by atoms with Crippen LogP contribution in [0.2, 0.25) is 0 Å². The normalized spacial score (nSPS) is 45.7. The van der Waals surface area contributed by atoms with E-state index < -0.39 is 0 Å². The van der Waals surface area contributed by atoms with E-state index in [0.717, 1.165) is 23.0 Å². The first-order valence-electron chi connectivity index (χ1n) is 5.95. The lowest BCUT2D eigenvalue weighted by Gasteiger charge is -2.21. The Morgan fingerprint density at radius 3 is 2.46 bits per heavy atom. The van der Waals surface area contributed by atoms with Crippen LogP contribution in [0.15, 0.2) is 0 Å². The Kier molecular flexibility index (Phi) is 3.23. The molecule has 0 saturated heterocycles. The smallest absolute Gasteiger partial charge is 0.00486 e. The van der Waals surface area contributed by atoms with Crippen LogP contribution in [0.3, 0.4) is 0 Å². The van der Waals surface area contributed by atoms with Crippen LogP contribution < -0.4 is 0 Å². The first-order valence-corrected chi connectivity index (χ1v) is 6.47. The van der Waals surface area contributed by atoms with Gasteiger partial charge in [-0.25, -0.2) is 0 Å². The molecule has 0 spiro atoms. The van der Waals surface area contributed by atoms with Crippen molar-refractivity contribution in [3.8, 4) is 0 Å². The van der Waals surface area contributed by atoms with Crippen LogP contribution in [0, 0.1) is 17.8 Å². The van der Waals surface area contributed by atoms with Crippen LogP contribution in [0.25, 0.3) is 0 Å². The van der Waals surface area contributed by atoms with Crippen LogP contribution >= 0.6 is 12.6 Å². The summed E-state index contributed by atoms with van der Waals surface area (Å²) < 4.78 is 0. The largest absolute Gasteiger partial charge is 0.176 e. The molecule has 0 aromatic rings. The molecular weight excluding hydrogens is 176 g/mol. The highest BCUT2D eigenvalue weighted by atomic mass is 32.1. The predicted molar refractivity (Wildman–Crippen MR) is 61.2 cm³/mol. The minimum atomic E-state index is 0.760. The van der Waals surface area contributed by atoms with E-state index in [9.17, 15) is 0 Å². The number of hydrogen-bond donors (Lipinski definition) is 1. The minimum Gasteiger partial charge on any atom is -0.176 e. The lowest BCUT2D eigenvalue weighted by atomic mass is 9.85. The van der Waals surface area contributed by atoms with Crippen LogP contribution in [0.1, 0.15) is 51.9 Å². The first-order chi connectivity index (χ1) is 6.27. The second kappa shape index (κ2) is 4.25. The summed E-state index contributed by atoms with van der Waals surface area (Å²) in [7, 11) is 0. The molecule has 4 unspecified atom stereocenters. The molecule has 13 heavy (non-hydrogen) atoms. The fourth-order valence-electron chi connectivity index (χ4n) is 2.79. The maximum atomic E-state index is 4.53. The second-order valence-corrected chi connectivity index (χ2v) is 5.84. The van der Waals surface area contributed by atoms with Gasteiger partial charge in [0.25, 0.3) is 0 Å². The van der Waals surface area contributed by atoms with Gasteiger partial charge in [-0.2, -0.15) is 12.6 Å². The fraction of sp³-hybridized carbons (Fsp3) is 1.00. The third kappa shape index (κ3) is 2.65. The molecule has 0 amide bonds. The van der Waals surface area contributed by atoms with E-state index in [0.29, 0.717) is 0 Å². The highest BCUT2D eigenvalue weighted by molar-refractivity contribution is 7.81. The van der Waals surface area contributed by atoms with Gasteiger partial charge in [-0.15, -0.1) is 0 Å². The van der Waals surface area contributed by atoms with Gasteiger partial charge >= 0.3 is 0 Å². The Bertz CT molecular complexity index is 167. The lowest BCUT2D eigenvalue weighted by Crippen LogP contribution is -2.11. The van der Waals surface area contributed by atoms with E-state index in [-0.39, 0.29) is 0 Å². The Balaban J connectivity index is 1.80. The molecule has 0 bridgehead atoms. The Labute approximate surface area is 87.9 Å². The van der Waals surface area contributed by atoms with Gasteiger partial charge in [0.05, 0.1) is 0 Å². The summed E-state index contributed by atoms with van der Waals surface area (Å²) in [6.45, 7) is 2.46. The maximum absolute atomic E-state index is 4.53. The van der Waals surface area contributed by atoms with Gasteiger partial charge in [-0.05, 0) is 30.6 Å². The summed E-state index contributed by atoms with van der Waals surface area (Å²) in [4.78, 5) is 0. The van der Waals surface area contributed by atoms with Crippen molar-refractivity contribution in [2.75, 3.05) is 0 Å². The van der Waals surface area contributed by atoms with Crippen molar-refractivity contribution in [1.82, 2.24) is 0 Å². The van der Waals surface area contributed by atoms with Gasteiger partial charge in [0.15, 0.2) is 0 Å². The SMILES string of the molecule is CC1CCCCCC1CC1CC1S. The zero-order chi connectivity index (χ0) is 9.26. The Morgan fingerprint density at radius 2 is 1.77 bits per heavy atom. The lowest BCUT2D eigenvalue weighted by molar-refractivity contribution is 0.304. The van der Waals surface area contributed by atoms with Crippen LogP contribution in [0.4, 0.5) is 0 Å². The summed E-state index contributed by atoms with van der Waals surface area (Å²) in [6.07, 6.45) is 10.3. The minimum absolute atomic E-state index is 0.760. The molecule has 0 aromatic heterocycles. The van der Waals surface area contributed by atoms with Gasteiger partial charge < -0.3 is 0 Å². The predicted octanol–water partition coefficient (Wildman–Crippen LogP) is 3.91. The molecule has 2 fully saturated rings. The van der Waals surface area contributed by atoms with Crippen molar-refractivity contribution in [3.63, 3.8) is 0 Å². The van der Waals surface area contributed by atoms with Gasteiger partial charge in [-0.3, -0.25) is 0 Å². The molecule has 2 saturated carbocycles. The molecule has 2 rings (SSSR count). The summed E-state index contributed by atoms with van der Waals surface area (Å²) >= 11 is 4.53. The second-order valence-electron chi connectivity index (χ2n) is 5.17. The molecule has 0 aromatic carbocycles. The molecule has 2 aliphatic rings. The van der Waals surface area contributed by atoms with Crippen LogP contribution in [-0.4, -0.2) is 5.25 Å². The van der Waals surface area contributed by atoms with E-state index in [2.05, 4.69) is 19.6 Å². The number of hydrogen-bond acceptors (Lipinski definition) is 1. The molecule has 1 heteroatoms. The average molecular weight is 198 g/mol. The van der Waals surface area contributed by atoms with Gasteiger partial charge in [0.2, 0.25) is 0 Å². The van der Waals surface area contributed by atoms with Gasteiger partial charge in [0.1, 0.15) is 0 Å². The topological polar surface area (TPSA) is 0 Å². The zero-order valence-corrected chi connectivity index (χ0v) is 9.60. The van der Waals surface area contributed by atoms with Crippen molar-refractivity contribution in [2.24, 2.45) is 17.8 Å². The third-order valence-corrected chi connectivity index (χ3v) is 4.66. The Morgan fingerprint density at radius 1 is 1.08 bits per heavy atom. The van der Waals surface area contributed by atoms with Crippen molar-refractivity contribution >= 4 is 12.6 Å². The van der Waals surface area contributed by atoms with E-state index in [4.69, 9.17) is 0 Å². The summed E-state index contributed by atoms with van der Waals surface area (Å²) in [5.41, 5.74) is 0. The van der Waals surface area contributed by atoms with Crippen molar-refractivity contribution in [2.45, 2.75) is 57.1 Å². The summed E-state index contributed by atoms with van der Waals surface area (Å²) in [5.74, 6) is 3.00. The monoisotopic (exact) mass is 198 g/mol. The molecular formula is C12H22S. The summed E-state index contributed by atoms with van der Waals surface area (Å²) in [6, 6.07) is 0. The standard InChI is InChI=1S/C12H22S/c1-9-5-3-2-4-6-10(9)7-11-8-12(11)13/h9-13H,2-8H2,1H3. The number of thiol groups is 1. The third-order valence-electron chi connectivity index (χ3n) is 4.03. The van der Waals surface area contributed by atoms with E-state index in [1.807, 2.05) is 0 Å². The molecule has 0 nitrogen and oxygen atoms in total. The highest BCUT2D eigenvalue weighted by Gasteiger charge is 2.36. The molecule has 0 aliphatic heterocycles. The number of rotatable bonds is 2. The first kappa shape index (κ1) is 9.89. The molecule has 0 heterocycles. The quantitative estimate of drug-likeness (QED) is 0.505. The van der Waals surface area contributed by atoms with Crippen molar-refractivity contribution in [1.29, 1.82) is 0 Å². The van der Waals surface area contributed by atoms with E-state index in [1.165, 1.54) is 44.9 Å². The maximum Gasteiger partial charge on any atom is 0.00486 e. The van der Waals surface area contributed by atoms with Gasteiger partial charge in [-0.1, -0.05) is 39.0 Å². The molecule has 0 radical (unpaired) electrons. The highest BCUT2D eigenvalue weighted by Crippen LogP contribution is 2.44.